The number of Topliss-reactive ketones (excluding diaryl/α,β-unsaturated/α-hetero) is 1. The highest BCUT2D eigenvalue weighted by atomic mass is 32.2. The van der Waals surface area contributed by atoms with Crippen LogP contribution in [0, 0.1) is 12.8 Å². The quantitative estimate of drug-likeness (QED) is 0.833. The lowest BCUT2D eigenvalue weighted by molar-refractivity contribution is -0.120. The summed E-state index contributed by atoms with van der Waals surface area (Å²) in [6, 6.07) is 7.43. The van der Waals surface area contributed by atoms with Crippen molar-refractivity contribution >= 4 is 15.6 Å². The molecule has 0 amide bonds. The van der Waals surface area contributed by atoms with Gasteiger partial charge in [-0.15, -0.1) is 0 Å². The summed E-state index contributed by atoms with van der Waals surface area (Å²) in [5.74, 6) is -0.448. The number of benzene rings is 1. The van der Waals surface area contributed by atoms with E-state index in [0.29, 0.717) is 0 Å². The SMILES string of the molecule is Cc1cccc(CS(=O)(=O)CC(=O)C2CCCC2)c1. The number of carbonyl (C=O) groups excluding carboxylic acids is 1. The lowest BCUT2D eigenvalue weighted by Gasteiger charge is -2.09. The Labute approximate surface area is 114 Å². The van der Waals surface area contributed by atoms with Crippen LogP contribution in [0.4, 0.5) is 0 Å². The fraction of sp³-hybridized carbons (Fsp3) is 0.533. The summed E-state index contributed by atoms with van der Waals surface area (Å²) in [5.41, 5.74) is 1.80. The zero-order chi connectivity index (χ0) is 13.9. The normalized spacial score (nSPS) is 16.7. The second-order valence-electron chi connectivity index (χ2n) is 5.47. The minimum atomic E-state index is -3.34. The van der Waals surface area contributed by atoms with Crippen LogP contribution in [0.3, 0.4) is 0 Å². The maximum Gasteiger partial charge on any atom is 0.161 e. The number of sulfone groups is 1. The Morgan fingerprint density at radius 3 is 2.58 bits per heavy atom. The third kappa shape index (κ3) is 4.16. The van der Waals surface area contributed by atoms with Gasteiger partial charge in [-0.3, -0.25) is 4.79 Å². The Kier molecular flexibility index (Phi) is 4.40. The van der Waals surface area contributed by atoms with Gasteiger partial charge in [-0.05, 0) is 25.3 Å². The maximum absolute atomic E-state index is 12.1. The Morgan fingerprint density at radius 1 is 1.26 bits per heavy atom. The van der Waals surface area contributed by atoms with Crippen LogP contribution < -0.4 is 0 Å². The Hall–Kier alpha value is -1.16. The predicted molar refractivity (Wildman–Crippen MR) is 75.6 cm³/mol. The van der Waals surface area contributed by atoms with Gasteiger partial charge in [0.25, 0.3) is 0 Å². The summed E-state index contributed by atoms with van der Waals surface area (Å²) >= 11 is 0. The van der Waals surface area contributed by atoms with Crippen LogP contribution in [0.2, 0.25) is 0 Å². The van der Waals surface area contributed by atoms with E-state index < -0.39 is 9.84 Å². The Balaban J connectivity index is 2.00. The molecule has 0 atom stereocenters. The largest absolute Gasteiger partial charge is 0.298 e. The van der Waals surface area contributed by atoms with E-state index in [0.717, 1.165) is 36.8 Å². The van der Waals surface area contributed by atoms with Gasteiger partial charge in [0.05, 0.1) is 5.75 Å². The topological polar surface area (TPSA) is 51.2 Å². The summed E-state index contributed by atoms with van der Waals surface area (Å²) in [4.78, 5) is 11.9. The summed E-state index contributed by atoms with van der Waals surface area (Å²) in [6.45, 7) is 1.93. The molecule has 0 aliphatic heterocycles. The highest BCUT2D eigenvalue weighted by Crippen LogP contribution is 2.26. The third-order valence-electron chi connectivity index (χ3n) is 3.64. The standard InChI is InChI=1S/C15H20O3S/c1-12-5-4-6-13(9-12)10-19(17,18)11-15(16)14-7-2-3-8-14/h4-6,9,14H,2-3,7-8,10-11H2,1H3. The van der Waals surface area contributed by atoms with Gasteiger partial charge in [-0.2, -0.15) is 0 Å². The molecule has 0 unspecified atom stereocenters. The minimum Gasteiger partial charge on any atom is -0.298 e. The molecule has 1 aliphatic carbocycles. The van der Waals surface area contributed by atoms with Crippen molar-refractivity contribution in [1.29, 1.82) is 0 Å². The molecule has 0 saturated heterocycles. The van der Waals surface area contributed by atoms with Crippen LogP contribution >= 0.6 is 0 Å². The molecule has 0 radical (unpaired) electrons. The molecule has 0 aromatic heterocycles. The van der Waals surface area contributed by atoms with Gasteiger partial charge < -0.3 is 0 Å². The molecular formula is C15H20O3S. The zero-order valence-corrected chi connectivity index (χ0v) is 12.1. The van der Waals surface area contributed by atoms with Gasteiger partial charge in [-0.25, -0.2) is 8.42 Å². The first-order valence-corrected chi connectivity index (χ1v) is 8.57. The summed E-state index contributed by atoms with van der Waals surface area (Å²) < 4.78 is 24.1. The molecule has 0 heterocycles. The molecule has 104 valence electrons. The second-order valence-corrected chi connectivity index (χ2v) is 7.53. The molecule has 1 aromatic carbocycles. The van der Waals surface area contributed by atoms with Crippen LogP contribution in [0.5, 0.6) is 0 Å². The smallest absolute Gasteiger partial charge is 0.161 e. The van der Waals surface area contributed by atoms with Gasteiger partial charge in [0.1, 0.15) is 5.75 Å². The van der Waals surface area contributed by atoms with Crippen molar-refractivity contribution in [1.82, 2.24) is 0 Å². The monoisotopic (exact) mass is 280 g/mol. The molecule has 0 bridgehead atoms. The molecule has 1 aliphatic rings. The van der Waals surface area contributed by atoms with Crippen molar-refractivity contribution < 1.29 is 13.2 Å². The van der Waals surface area contributed by atoms with Gasteiger partial charge in [0.15, 0.2) is 15.6 Å². The van der Waals surface area contributed by atoms with Crippen LogP contribution in [-0.4, -0.2) is 20.0 Å². The van der Waals surface area contributed by atoms with E-state index in [1.807, 2.05) is 25.1 Å². The summed E-state index contributed by atoms with van der Waals surface area (Å²) in [7, 11) is -3.34. The average Bonchev–Trinajstić information content (AvgIpc) is 2.80. The number of ketones is 1. The van der Waals surface area contributed by atoms with E-state index in [2.05, 4.69) is 0 Å². The van der Waals surface area contributed by atoms with Gasteiger partial charge >= 0.3 is 0 Å². The molecule has 1 aromatic rings. The second kappa shape index (κ2) is 5.87. The van der Waals surface area contributed by atoms with Crippen LogP contribution in [0.15, 0.2) is 24.3 Å². The number of hydrogen-bond donors (Lipinski definition) is 0. The van der Waals surface area contributed by atoms with Crippen LogP contribution in [-0.2, 0) is 20.4 Å². The van der Waals surface area contributed by atoms with Crippen LogP contribution in [0.25, 0.3) is 0 Å². The minimum absolute atomic E-state index is 0.0210. The molecule has 0 N–H and O–H groups in total. The first-order chi connectivity index (χ1) is 8.96. The van der Waals surface area contributed by atoms with E-state index in [1.54, 1.807) is 6.07 Å². The van der Waals surface area contributed by atoms with E-state index >= 15 is 0 Å². The number of rotatable bonds is 5. The molecular weight excluding hydrogens is 260 g/mol. The number of carbonyl (C=O) groups is 1. The molecule has 1 fully saturated rings. The molecule has 2 rings (SSSR count). The molecule has 4 heteroatoms. The Morgan fingerprint density at radius 2 is 1.95 bits per heavy atom. The van der Waals surface area contributed by atoms with E-state index in [9.17, 15) is 13.2 Å². The molecule has 19 heavy (non-hydrogen) atoms. The first kappa shape index (κ1) is 14.3. The molecule has 0 spiro atoms. The Bertz CT molecular complexity index is 555. The van der Waals surface area contributed by atoms with Crippen LogP contribution in [0.1, 0.15) is 36.8 Å². The van der Waals surface area contributed by atoms with E-state index in [4.69, 9.17) is 0 Å². The van der Waals surface area contributed by atoms with Crippen molar-refractivity contribution in [2.45, 2.75) is 38.4 Å². The highest BCUT2D eigenvalue weighted by molar-refractivity contribution is 7.91. The summed E-state index contributed by atoms with van der Waals surface area (Å²) in [5, 5.41) is 0. The summed E-state index contributed by atoms with van der Waals surface area (Å²) in [6.07, 6.45) is 3.82. The van der Waals surface area contributed by atoms with Gasteiger partial charge in [0.2, 0.25) is 0 Å². The number of aryl methyl sites for hydroxylation is 1. The third-order valence-corrected chi connectivity index (χ3v) is 5.14. The van der Waals surface area contributed by atoms with E-state index in [-0.39, 0.29) is 23.2 Å². The maximum atomic E-state index is 12.1. The van der Waals surface area contributed by atoms with Crippen molar-refractivity contribution in [2.75, 3.05) is 5.75 Å². The first-order valence-electron chi connectivity index (χ1n) is 6.75. The number of hydrogen-bond acceptors (Lipinski definition) is 3. The van der Waals surface area contributed by atoms with Crippen molar-refractivity contribution in [2.24, 2.45) is 5.92 Å². The molecule has 3 nitrogen and oxygen atoms in total. The van der Waals surface area contributed by atoms with E-state index in [1.165, 1.54) is 0 Å². The lowest BCUT2D eigenvalue weighted by Crippen LogP contribution is -2.23. The van der Waals surface area contributed by atoms with Crippen molar-refractivity contribution in [3.63, 3.8) is 0 Å². The van der Waals surface area contributed by atoms with Gasteiger partial charge in [-0.1, -0.05) is 42.7 Å². The van der Waals surface area contributed by atoms with Gasteiger partial charge in [0, 0.05) is 5.92 Å². The highest BCUT2D eigenvalue weighted by Gasteiger charge is 2.27. The fourth-order valence-electron chi connectivity index (χ4n) is 2.69. The predicted octanol–water partition coefficient (Wildman–Crippen LogP) is 2.67. The fourth-order valence-corrected chi connectivity index (χ4v) is 4.15. The lowest BCUT2D eigenvalue weighted by atomic mass is 10.0. The van der Waals surface area contributed by atoms with Crippen molar-refractivity contribution in [3.05, 3.63) is 35.4 Å². The molecule has 1 saturated carbocycles. The van der Waals surface area contributed by atoms with Crippen molar-refractivity contribution in [3.8, 4) is 0 Å². The zero-order valence-electron chi connectivity index (χ0n) is 11.3. The average molecular weight is 280 g/mol.